The minimum absolute atomic E-state index is 0.122. The van der Waals surface area contributed by atoms with Crippen LogP contribution in [0.4, 0.5) is 0 Å². The van der Waals surface area contributed by atoms with Crippen molar-refractivity contribution in [3.05, 3.63) is 22.6 Å². The second-order valence-corrected chi connectivity index (χ2v) is 3.16. The third-order valence-electron chi connectivity index (χ3n) is 1.46. The van der Waals surface area contributed by atoms with E-state index in [0.717, 1.165) is 5.76 Å². The highest BCUT2D eigenvalue weighted by molar-refractivity contribution is 9.10. The Labute approximate surface area is 80.3 Å². The fraction of sp³-hybridized carbons (Fsp3) is 0.333. The Morgan fingerprint density at radius 1 is 1.67 bits per heavy atom. The maximum Gasteiger partial charge on any atom is 0.169 e. The van der Waals surface area contributed by atoms with Crippen LogP contribution in [0, 0.1) is 11.8 Å². The van der Waals surface area contributed by atoms with Gasteiger partial charge in [0.25, 0.3) is 0 Å². The molecule has 0 amide bonds. The van der Waals surface area contributed by atoms with E-state index >= 15 is 0 Å². The molecule has 0 aliphatic heterocycles. The van der Waals surface area contributed by atoms with Crippen LogP contribution >= 0.6 is 15.9 Å². The van der Waals surface area contributed by atoms with Crippen molar-refractivity contribution in [1.29, 1.82) is 0 Å². The van der Waals surface area contributed by atoms with Crippen LogP contribution in [0.25, 0.3) is 0 Å². The maximum absolute atomic E-state index is 5.78. The molecular weight excluding hydrogens is 218 g/mol. The molecule has 1 heterocycles. The molecule has 1 unspecified atom stereocenters. The van der Waals surface area contributed by atoms with Crippen molar-refractivity contribution in [1.82, 2.24) is 0 Å². The molecule has 0 bridgehead atoms. The summed E-state index contributed by atoms with van der Waals surface area (Å²) < 4.78 is 5.97. The van der Waals surface area contributed by atoms with E-state index in [1.54, 1.807) is 6.92 Å². The minimum atomic E-state index is -0.122. The molecule has 2 nitrogen and oxygen atoms in total. The van der Waals surface area contributed by atoms with E-state index in [0.29, 0.717) is 11.1 Å². The van der Waals surface area contributed by atoms with Crippen LogP contribution in [0.3, 0.4) is 0 Å². The molecule has 12 heavy (non-hydrogen) atoms. The van der Waals surface area contributed by atoms with E-state index < -0.39 is 0 Å². The number of hydrogen-bond acceptors (Lipinski definition) is 2. The Balaban J connectivity index is 2.62. The van der Waals surface area contributed by atoms with Crippen LogP contribution < -0.4 is 5.73 Å². The van der Waals surface area contributed by atoms with Crippen molar-refractivity contribution in [3.8, 4) is 11.8 Å². The molecule has 64 valence electrons. The molecule has 0 aromatic carbocycles. The molecule has 0 saturated carbocycles. The van der Waals surface area contributed by atoms with Gasteiger partial charge in [-0.25, -0.2) is 0 Å². The van der Waals surface area contributed by atoms with Crippen molar-refractivity contribution in [3.63, 3.8) is 0 Å². The third kappa shape index (κ3) is 2.40. The zero-order valence-corrected chi connectivity index (χ0v) is 8.39. The average molecular weight is 228 g/mol. The van der Waals surface area contributed by atoms with Crippen LogP contribution in [-0.4, -0.2) is 0 Å². The lowest BCUT2D eigenvalue weighted by Crippen LogP contribution is -2.07. The Kier molecular flexibility index (Phi) is 3.39. The van der Waals surface area contributed by atoms with E-state index in [9.17, 15) is 0 Å². The number of hydrogen-bond donors (Lipinski definition) is 1. The van der Waals surface area contributed by atoms with Crippen LogP contribution in [-0.2, 0) is 0 Å². The van der Waals surface area contributed by atoms with Gasteiger partial charge < -0.3 is 10.2 Å². The quantitative estimate of drug-likeness (QED) is 0.789. The van der Waals surface area contributed by atoms with Gasteiger partial charge in [0.15, 0.2) is 4.67 Å². The largest absolute Gasteiger partial charge is 0.453 e. The summed E-state index contributed by atoms with van der Waals surface area (Å²) in [5.41, 5.74) is 5.78. The highest BCUT2D eigenvalue weighted by atomic mass is 79.9. The van der Waals surface area contributed by atoms with E-state index in [4.69, 9.17) is 10.2 Å². The summed E-state index contributed by atoms with van der Waals surface area (Å²) in [6, 6.07) is 3.56. The Morgan fingerprint density at radius 3 is 2.92 bits per heavy atom. The van der Waals surface area contributed by atoms with Gasteiger partial charge in [-0.15, -0.1) is 11.8 Å². The number of rotatable bonds is 2. The molecule has 0 saturated heterocycles. The van der Waals surface area contributed by atoms with Gasteiger partial charge >= 0.3 is 0 Å². The van der Waals surface area contributed by atoms with Crippen molar-refractivity contribution in [2.45, 2.75) is 19.4 Å². The van der Waals surface area contributed by atoms with Crippen LogP contribution in [0.15, 0.2) is 21.2 Å². The minimum Gasteiger partial charge on any atom is -0.453 e. The van der Waals surface area contributed by atoms with Gasteiger partial charge in [-0.3, -0.25) is 0 Å². The number of nitrogens with two attached hydrogens (primary N) is 1. The van der Waals surface area contributed by atoms with Gasteiger partial charge in [0.05, 0.1) is 6.04 Å². The van der Waals surface area contributed by atoms with E-state index in [1.807, 2.05) is 12.1 Å². The first-order valence-electron chi connectivity index (χ1n) is 3.64. The molecule has 2 N–H and O–H groups in total. The highest BCUT2D eigenvalue weighted by Gasteiger charge is 2.07. The maximum atomic E-state index is 5.78. The second kappa shape index (κ2) is 4.34. The summed E-state index contributed by atoms with van der Waals surface area (Å²) in [5, 5.41) is 0. The van der Waals surface area contributed by atoms with Crippen LogP contribution in [0.1, 0.15) is 25.1 Å². The van der Waals surface area contributed by atoms with Gasteiger partial charge in [0.1, 0.15) is 5.76 Å². The van der Waals surface area contributed by atoms with Gasteiger partial charge in [-0.05, 0) is 35.0 Å². The van der Waals surface area contributed by atoms with E-state index in [-0.39, 0.29) is 6.04 Å². The van der Waals surface area contributed by atoms with Crippen LogP contribution in [0.2, 0.25) is 0 Å². The van der Waals surface area contributed by atoms with Crippen LogP contribution in [0.5, 0.6) is 0 Å². The molecule has 1 aromatic heterocycles. The zero-order chi connectivity index (χ0) is 8.97. The SMILES string of the molecule is CC#CCC(N)c1ccc(Br)o1. The standard InChI is InChI=1S/C9H10BrNO/c1-2-3-4-7(11)8-5-6-9(10)12-8/h5-7H,4,11H2,1H3. The summed E-state index contributed by atoms with van der Waals surface area (Å²) in [6.45, 7) is 1.80. The molecule has 0 radical (unpaired) electrons. The predicted octanol–water partition coefficient (Wildman–Crippen LogP) is 2.46. The lowest BCUT2D eigenvalue weighted by atomic mass is 10.2. The lowest BCUT2D eigenvalue weighted by Gasteiger charge is -2.02. The molecule has 1 atom stereocenters. The van der Waals surface area contributed by atoms with Gasteiger partial charge in [0.2, 0.25) is 0 Å². The summed E-state index contributed by atoms with van der Waals surface area (Å²) in [6.07, 6.45) is 0.635. The molecule has 1 aromatic rings. The van der Waals surface area contributed by atoms with Gasteiger partial charge in [-0.1, -0.05) is 0 Å². The van der Waals surface area contributed by atoms with Gasteiger partial charge in [-0.2, -0.15) is 0 Å². The molecule has 0 aliphatic carbocycles. The van der Waals surface area contributed by atoms with E-state index in [2.05, 4.69) is 27.8 Å². The topological polar surface area (TPSA) is 39.2 Å². The second-order valence-electron chi connectivity index (χ2n) is 2.38. The molecule has 3 heteroatoms. The first-order chi connectivity index (χ1) is 5.74. The lowest BCUT2D eigenvalue weighted by molar-refractivity contribution is 0.452. The first-order valence-corrected chi connectivity index (χ1v) is 4.43. The fourth-order valence-electron chi connectivity index (χ4n) is 0.840. The van der Waals surface area contributed by atoms with Crippen molar-refractivity contribution in [2.75, 3.05) is 0 Å². The normalized spacial score (nSPS) is 11.9. The zero-order valence-electron chi connectivity index (χ0n) is 6.80. The number of halogens is 1. The molecule has 1 rings (SSSR count). The van der Waals surface area contributed by atoms with E-state index in [1.165, 1.54) is 0 Å². The Hall–Kier alpha value is -0.720. The highest BCUT2D eigenvalue weighted by Crippen LogP contribution is 2.20. The monoisotopic (exact) mass is 227 g/mol. The summed E-state index contributed by atoms with van der Waals surface area (Å²) in [7, 11) is 0. The predicted molar refractivity (Wildman–Crippen MR) is 51.4 cm³/mol. The average Bonchev–Trinajstić information content (AvgIpc) is 2.47. The molecular formula is C9H10BrNO. The smallest absolute Gasteiger partial charge is 0.169 e. The fourth-order valence-corrected chi connectivity index (χ4v) is 1.16. The molecule has 0 fully saturated rings. The van der Waals surface area contributed by atoms with Crippen molar-refractivity contribution < 1.29 is 4.42 Å². The summed E-state index contributed by atoms with van der Waals surface area (Å²) in [4.78, 5) is 0. The summed E-state index contributed by atoms with van der Waals surface area (Å²) in [5.74, 6) is 6.47. The van der Waals surface area contributed by atoms with Crippen molar-refractivity contribution in [2.24, 2.45) is 5.73 Å². The molecule has 0 aliphatic rings. The number of furan rings is 1. The van der Waals surface area contributed by atoms with Gasteiger partial charge in [0, 0.05) is 6.42 Å². The van der Waals surface area contributed by atoms with Crippen molar-refractivity contribution >= 4 is 15.9 Å². The third-order valence-corrected chi connectivity index (χ3v) is 1.88. The summed E-state index contributed by atoms with van der Waals surface area (Å²) >= 11 is 3.21. The Morgan fingerprint density at radius 2 is 2.42 bits per heavy atom. The molecule has 0 spiro atoms. The Bertz CT molecular complexity index is 308. The first kappa shape index (κ1) is 9.37.